The first-order valence-corrected chi connectivity index (χ1v) is 8.19. The van der Waals surface area contributed by atoms with Gasteiger partial charge in [-0.15, -0.1) is 0 Å². The summed E-state index contributed by atoms with van der Waals surface area (Å²) in [6.07, 6.45) is 0.747. The van der Waals surface area contributed by atoms with Crippen LogP contribution in [0.1, 0.15) is 11.1 Å². The highest BCUT2D eigenvalue weighted by Gasteiger charge is 2.31. The molecule has 0 spiro atoms. The molecule has 0 fully saturated rings. The van der Waals surface area contributed by atoms with Gasteiger partial charge in [0.25, 0.3) is 10.0 Å². The van der Waals surface area contributed by atoms with E-state index in [1.165, 1.54) is 10.4 Å². The van der Waals surface area contributed by atoms with Crippen molar-refractivity contribution in [2.75, 3.05) is 10.8 Å². The second-order valence-corrected chi connectivity index (χ2v) is 7.17. The lowest BCUT2D eigenvalue weighted by atomic mass is 10.1. The Morgan fingerprint density at radius 3 is 2.65 bits per heavy atom. The van der Waals surface area contributed by atoms with Crippen LogP contribution in [0.2, 0.25) is 5.02 Å². The maximum atomic E-state index is 12.8. The largest absolute Gasteiger partial charge is 0.265 e. The van der Waals surface area contributed by atoms with Crippen molar-refractivity contribution in [2.45, 2.75) is 18.2 Å². The zero-order valence-corrected chi connectivity index (χ0v) is 12.6. The third-order valence-corrected chi connectivity index (χ3v) is 5.57. The number of benzene rings is 2. The van der Waals surface area contributed by atoms with Gasteiger partial charge >= 0.3 is 0 Å². The lowest BCUT2D eigenvalue weighted by Crippen LogP contribution is -2.29. The van der Waals surface area contributed by atoms with E-state index < -0.39 is 10.0 Å². The molecule has 0 amide bonds. The summed E-state index contributed by atoms with van der Waals surface area (Å²) in [6.45, 7) is 2.42. The molecule has 0 radical (unpaired) electrons. The summed E-state index contributed by atoms with van der Waals surface area (Å²) in [4.78, 5) is 0.237. The van der Waals surface area contributed by atoms with Crippen LogP contribution in [-0.4, -0.2) is 15.0 Å². The van der Waals surface area contributed by atoms with Gasteiger partial charge in [0.15, 0.2) is 0 Å². The second-order valence-electron chi connectivity index (χ2n) is 4.87. The van der Waals surface area contributed by atoms with Crippen molar-refractivity contribution in [1.29, 1.82) is 0 Å². The summed E-state index contributed by atoms with van der Waals surface area (Å²) in [7, 11) is -3.55. The van der Waals surface area contributed by atoms with E-state index in [-0.39, 0.29) is 4.90 Å². The summed E-state index contributed by atoms with van der Waals surface area (Å²) < 4.78 is 27.0. The van der Waals surface area contributed by atoms with E-state index in [1.807, 2.05) is 25.1 Å². The Hall–Kier alpha value is -1.52. The van der Waals surface area contributed by atoms with Crippen molar-refractivity contribution in [2.24, 2.45) is 0 Å². The van der Waals surface area contributed by atoms with Crippen molar-refractivity contribution in [1.82, 2.24) is 0 Å². The molecule has 0 atom stereocenters. The van der Waals surface area contributed by atoms with E-state index in [9.17, 15) is 8.42 Å². The standard InChI is InChI=1S/C15H14ClNO2S/c1-11-4-2-5-12-8-9-17(15(11)12)20(18,19)14-7-3-6-13(16)10-14/h2-7,10H,8-9H2,1H3. The van der Waals surface area contributed by atoms with Gasteiger partial charge in [-0.05, 0) is 42.7 Å². The number of rotatable bonds is 2. The molecule has 0 unspecified atom stereocenters. The quantitative estimate of drug-likeness (QED) is 0.852. The topological polar surface area (TPSA) is 37.4 Å². The Morgan fingerprint density at radius 2 is 1.90 bits per heavy atom. The number of sulfonamides is 1. The molecule has 5 heteroatoms. The summed E-state index contributed by atoms with van der Waals surface area (Å²) >= 11 is 5.91. The van der Waals surface area contributed by atoms with Crippen LogP contribution in [0.5, 0.6) is 0 Å². The van der Waals surface area contributed by atoms with Gasteiger partial charge in [0.1, 0.15) is 0 Å². The maximum absolute atomic E-state index is 12.8. The van der Waals surface area contributed by atoms with Crippen LogP contribution < -0.4 is 4.31 Å². The third-order valence-electron chi connectivity index (χ3n) is 3.54. The Balaban J connectivity index is 2.12. The minimum atomic E-state index is -3.55. The third kappa shape index (κ3) is 2.09. The molecule has 20 heavy (non-hydrogen) atoms. The molecule has 104 valence electrons. The van der Waals surface area contributed by atoms with E-state index in [2.05, 4.69) is 0 Å². The summed E-state index contributed by atoms with van der Waals surface area (Å²) in [6, 6.07) is 12.3. The van der Waals surface area contributed by atoms with Gasteiger partial charge in [-0.2, -0.15) is 0 Å². The van der Waals surface area contributed by atoms with Crippen LogP contribution in [0.25, 0.3) is 0 Å². The Morgan fingerprint density at radius 1 is 1.15 bits per heavy atom. The number of para-hydroxylation sites is 1. The van der Waals surface area contributed by atoms with Crippen molar-refractivity contribution >= 4 is 27.3 Å². The molecule has 3 nitrogen and oxygen atoms in total. The number of aryl methyl sites for hydroxylation is 1. The molecule has 3 rings (SSSR count). The minimum Gasteiger partial charge on any atom is -0.265 e. The Labute approximate surface area is 123 Å². The van der Waals surface area contributed by atoms with Crippen LogP contribution in [0.15, 0.2) is 47.4 Å². The molecule has 0 saturated heterocycles. The molecule has 2 aromatic carbocycles. The van der Waals surface area contributed by atoms with Crippen LogP contribution in [-0.2, 0) is 16.4 Å². The first-order valence-electron chi connectivity index (χ1n) is 6.37. The van der Waals surface area contributed by atoms with E-state index in [0.29, 0.717) is 11.6 Å². The molecule has 1 heterocycles. The van der Waals surface area contributed by atoms with Gasteiger partial charge in [0.05, 0.1) is 10.6 Å². The maximum Gasteiger partial charge on any atom is 0.264 e. The predicted molar refractivity (Wildman–Crippen MR) is 80.9 cm³/mol. The highest BCUT2D eigenvalue weighted by Crippen LogP contribution is 2.35. The van der Waals surface area contributed by atoms with Crippen LogP contribution in [0.4, 0.5) is 5.69 Å². The molecule has 2 aromatic rings. The number of anilines is 1. The molecular formula is C15H14ClNO2S. The fourth-order valence-electron chi connectivity index (χ4n) is 2.61. The van der Waals surface area contributed by atoms with E-state index in [0.717, 1.165) is 23.2 Å². The molecule has 0 bridgehead atoms. The second kappa shape index (κ2) is 4.79. The molecule has 1 aliphatic rings. The monoisotopic (exact) mass is 307 g/mol. The number of hydrogen-bond acceptors (Lipinski definition) is 2. The molecular weight excluding hydrogens is 294 g/mol. The normalized spacial score (nSPS) is 14.4. The average molecular weight is 308 g/mol. The Bertz CT molecular complexity index is 771. The molecule has 0 aliphatic carbocycles. The van der Waals surface area contributed by atoms with Crippen molar-refractivity contribution < 1.29 is 8.42 Å². The lowest BCUT2D eigenvalue weighted by Gasteiger charge is -2.21. The number of hydrogen-bond donors (Lipinski definition) is 0. The van der Waals surface area contributed by atoms with Crippen molar-refractivity contribution in [3.8, 4) is 0 Å². The van der Waals surface area contributed by atoms with E-state index in [1.54, 1.807) is 18.2 Å². The molecule has 0 aromatic heterocycles. The van der Waals surface area contributed by atoms with Crippen molar-refractivity contribution in [3.05, 3.63) is 58.6 Å². The van der Waals surface area contributed by atoms with E-state index in [4.69, 9.17) is 11.6 Å². The smallest absolute Gasteiger partial charge is 0.264 e. The molecule has 1 aliphatic heterocycles. The number of nitrogens with zero attached hydrogens (tertiary/aromatic N) is 1. The van der Waals surface area contributed by atoms with Crippen molar-refractivity contribution in [3.63, 3.8) is 0 Å². The van der Waals surface area contributed by atoms with Gasteiger partial charge in [-0.1, -0.05) is 35.9 Å². The fourth-order valence-corrected chi connectivity index (χ4v) is 4.48. The zero-order chi connectivity index (χ0) is 14.3. The lowest BCUT2D eigenvalue weighted by molar-refractivity contribution is 0.592. The zero-order valence-electron chi connectivity index (χ0n) is 11.0. The molecule has 0 N–H and O–H groups in total. The number of halogens is 1. The van der Waals surface area contributed by atoms with Gasteiger partial charge < -0.3 is 0 Å². The summed E-state index contributed by atoms with van der Waals surface area (Å²) in [5.74, 6) is 0. The highest BCUT2D eigenvalue weighted by molar-refractivity contribution is 7.92. The van der Waals surface area contributed by atoms with Crippen LogP contribution >= 0.6 is 11.6 Å². The summed E-state index contributed by atoms with van der Waals surface area (Å²) in [5, 5.41) is 0.426. The highest BCUT2D eigenvalue weighted by atomic mass is 35.5. The van der Waals surface area contributed by atoms with Gasteiger partial charge in [-0.25, -0.2) is 8.42 Å². The van der Waals surface area contributed by atoms with Crippen LogP contribution in [0.3, 0.4) is 0 Å². The predicted octanol–water partition coefficient (Wildman–Crippen LogP) is 3.40. The fraction of sp³-hybridized carbons (Fsp3) is 0.200. The van der Waals surface area contributed by atoms with Gasteiger partial charge in [-0.3, -0.25) is 4.31 Å². The SMILES string of the molecule is Cc1cccc2c1N(S(=O)(=O)c1cccc(Cl)c1)CC2. The number of fused-ring (bicyclic) bond motifs is 1. The summed E-state index contributed by atoms with van der Waals surface area (Å²) in [5.41, 5.74) is 2.87. The Kier molecular flexibility index (Phi) is 3.22. The van der Waals surface area contributed by atoms with Crippen LogP contribution in [0, 0.1) is 6.92 Å². The van der Waals surface area contributed by atoms with Gasteiger partial charge in [0.2, 0.25) is 0 Å². The van der Waals surface area contributed by atoms with E-state index >= 15 is 0 Å². The average Bonchev–Trinajstić information content (AvgIpc) is 2.85. The minimum absolute atomic E-state index is 0.237. The molecule has 0 saturated carbocycles. The first kappa shape index (κ1) is 13.5. The first-order chi connectivity index (χ1) is 9.50. The van der Waals surface area contributed by atoms with Gasteiger partial charge in [0, 0.05) is 11.6 Å².